The molecule has 1 aromatic carbocycles. The van der Waals surface area contributed by atoms with Crippen LogP contribution in [-0.4, -0.2) is 47.8 Å². The Balaban J connectivity index is 1.51. The number of hydrogen-bond donors (Lipinski definition) is 0. The molecule has 0 bridgehead atoms. The molecule has 34 heavy (non-hydrogen) atoms. The summed E-state index contributed by atoms with van der Waals surface area (Å²) in [5.41, 5.74) is 1.16. The summed E-state index contributed by atoms with van der Waals surface area (Å²) < 4.78 is 18.0. The first-order valence-electron chi connectivity index (χ1n) is 12.6. The van der Waals surface area contributed by atoms with E-state index in [-0.39, 0.29) is 22.6 Å². The fourth-order valence-corrected chi connectivity index (χ4v) is 9.51. The van der Waals surface area contributed by atoms with Crippen molar-refractivity contribution in [2.75, 3.05) is 19.5 Å². The van der Waals surface area contributed by atoms with E-state index in [1.165, 1.54) is 23.7 Å². The Morgan fingerprint density at radius 2 is 2.00 bits per heavy atom. The van der Waals surface area contributed by atoms with Gasteiger partial charge in [0.1, 0.15) is 6.10 Å². The maximum atomic E-state index is 12.8. The highest BCUT2D eigenvalue weighted by Crippen LogP contribution is 2.61. The molecule has 0 radical (unpaired) electrons. The predicted octanol–water partition coefficient (Wildman–Crippen LogP) is 7.28. The molecule has 0 spiro atoms. The van der Waals surface area contributed by atoms with E-state index in [0.717, 1.165) is 38.3 Å². The standard InChI is InChI=1S/C27H39O5PS/c1-3-4-5-6-7-8-9-13-16-25(28)32-23-17-18-31-27(19-23,30-2)24-21-34-26(29)33(24)20-22-14-11-10-12-15-22/h5-6,10-12,14-15,23-24H,3-4,7-9,13,16-21H2,1-2H3/b6-5+. The fourth-order valence-electron chi connectivity index (χ4n) is 4.58. The molecule has 0 aliphatic carbocycles. The molecule has 2 aliphatic heterocycles. The van der Waals surface area contributed by atoms with Crippen molar-refractivity contribution in [3.63, 3.8) is 0 Å². The zero-order chi connectivity index (χ0) is 24.2. The maximum absolute atomic E-state index is 12.8. The Morgan fingerprint density at radius 3 is 2.76 bits per heavy atom. The number of esters is 1. The Hall–Kier alpha value is -1.20. The second-order valence-corrected chi connectivity index (χ2v) is 12.6. The summed E-state index contributed by atoms with van der Waals surface area (Å²) in [4.78, 5) is 25.5. The number of allylic oxidation sites excluding steroid dienone is 2. The number of ether oxygens (including phenoxy) is 3. The lowest BCUT2D eigenvalue weighted by Gasteiger charge is -2.44. The van der Waals surface area contributed by atoms with E-state index >= 15 is 0 Å². The molecule has 4 atom stereocenters. The average Bonchev–Trinajstić information content (AvgIpc) is 3.22. The highest BCUT2D eigenvalue weighted by Gasteiger charge is 2.53. The van der Waals surface area contributed by atoms with Gasteiger partial charge in [-0.15, -0.1) is 0 Å². The van der Waals surface area contributed by atoms with Crippen LogP contribution in [0, 0.1) is 0 Å². The molecule has 4 unspecified atom stereocenters. The largest absolute Gasteiger partial charge is 0.462 e. The van der Waals surface area contributed by atoms with Gasteiger partial charge < -0.3 is 14.2 Å². The molecule has 0 aromatic heterocycles. The zero-order valence-electron chi connectivity index (χ0n) is 20.6. The molecule has 1 aromatic rings. The third-order valence-corrected chi connectivity index (χ3v) is 11.1. The molecule has 2 saturated heterocycles. The highest BCUT2D eigenvalue weighted by atomic mass is 32.2. The number of unbranched alkanes of at least 4 members (excludes halogenated alkanes) is 4. The summed E-state index contributed by atoms with van der Waals surface area (Å²) in [6, 6.07) is 10.2. The Kier molecular flexibility index (Phi) is 11.6. The number of carbonyl (C=O) groups excluding carboxylic acids is 2. The Morgan fingerprint density at radius 1 is 1.21 bits per heavy atom. The molecular formula is C27H39O5PS. The second kappa shape index (κ2) is 14.4. The first kappa shape index (κ1) is 27.4. The van der Waals surface area contributed by atoms with Crippen LogP contribution in [0.5, 0.6) is 0 Å². The molecule has 7 heteroatoms. The molecule has 0 saturated carbocycles. The van der Waals surface area contributed by atoms with Gasteiger partial charge in [0, 0.05) is 38.3 Å². The van der Waals surface area contributed by atoms with Gasteiger partial charge >= 0.3 is 5.97 Å². The molecule has 0 amide bonds. The van der Waals surface area contributed by atoms with Crippen molar-refractivity contribution >= 4 is 30.5 Å². The van der Waals surface area contributed by atoms with E-state index in [2.05, 4.69) is 31.2 Å². The lowest BCUT2D eigenvalue weighted by molar-refractivity contribution is -0.259. The van der Waals surface area contributed by atoms with Crippen molar-refractivity contribution in [3.8, 4) is 0 Å². The van der Waals surface area contributed by atoms with Crippen LogP contribution in [0.4, 0.5) is 4.79 Å². The van der Waals surface area contributed by atoms with Gasteiger partial charge in [-0.2, -0.15) is 0 Å². The van der Waals surface area contributed by atoms with E-state index in [1.54, 1.807) is 7.11 Å². The Labute approximate surface area is 210 Å². The van der Waals surface area contributed by atoms with Crippen molar-refractivity contribution in [3.05, 3.63) is 48.0 Å². The summed E-state index contributed by atoms with van der Waals surface area (Å²) >= 11 is 1.39. The van der Waals surface area contributed by atoms with Gasteiger partial charge in [0.25, 0.3) is 0 Å². The molecule has 2 aliphatic rings. The van der Waals surface area contributed by atoms with Crippen LogP contribution >= 0.6 is 19.7 Å². The molecule has 2 heterocycles. The van der Waals surface area contributed by atoms with Gasteiger partial charge in [0.2, 0.25) is 4.86 Å². The summed E-state index contributed by atoms with van der Waals surface area (Å²) in [6.45, 7) is 2.65. The zero-order valence-corrected chi connectivity index (χ0v) is 22.3. The number of carbonyl (C=O) groups is 2. The van der Waals surface area contributed by atoms with Crippen LogP contribution in [-0.2, 0) is 25.2 Å². The highest BCUT2D eigenvalue weighted by molar-refractivity contribution is 8.27. The van der Waals surface area contributed by atoms with E-state index in [1.807, 2.05) is 18.2 Å². The van der Waals surface area contributed by atoms with Gasteiger partial charge in [-0.05, 0) is 39.2 Å². The van der Waals surface area contributed by atoms with Gasteiger partial charge in [0.15, 0.2) is 5.79 Å². The minimum absolute atomic E-state index is 0.00697. The van der Waals surface area contributed by atoms with Crippen LogP contribution in [0.2, 0.25) is 0 Å². The van der Waals surface area contributed by atoms with E-state index in [0.29, 0.717) is 31.6 Å². The van der Waals surface area contributed by atoms with Crippen molar-refractivity contribution in [2.45, 2.75) is 88.4 Å². The predicted molar refractivity (Wildman–Crippen MR) is 141 cm³/mol. The minimum atomic E-state index is -0.954. The average molecular weight is 507 g/mol. The van der Waals surface area contributed by atoms with Crippen molar-refractivity contribution < 1.29 is 23.8 Å². The van der Waals surface area contributed by atoms with Gasteiger partial charge in [0.05, 0.1) is 12.3 Å². The quantitative estimate of drug-likeness (QED) is 0.121. The maximum Gasteiger partial charge on any atom is 0.306 e. The SMILES string of the molecule is CCC/C=C/CCCCCC(=O)OC1CCOC(OC)(C2CSC(=O)P2Cc2ccccc2)C1. The first-order valence-corrected chi connectivity index (χ1v) is 15.2. The molecule has 2 fully saturated rings. The summed E-state index contributed by atoms with van der Waals surface area (Å²) in [6.07, 6.45) is 13.0. The van der Waals surface area contributed by atoms with Crippen LogP contribution in [0.3, 0.4) is 0 Å². The van der Waals surface area contributed by atoms with E-state index < -0.39 is 13.7 Å². The van der Waals surface area contributed by atoms with Crippen molar-refractivity contribution in [2.24, 2.45) is 0 Å². The summed E-state index contributed by atoms with van der Waals surface area (Å²) in [5.74, 6) is -0.312. The van der Waals surface area contributed by atoms with Crippen LogP contribution < -0.4 is 0 Å². The lowest BCUT2D eigenvalue weighted by atomic mass is 9.99. The van der Waals surface area contributed by atoms with E-state index in [9.17, 15) is 9.59 Å². The third-order valence-electron chi connectivity index (χ3n) is 6.49. The van der Waals surface area contributed by atoms with Gasteiger partial charge in [-0.25, -0.2) is 0 Å². The smallest absolute Gasteiger partial charge is 0.306 e. The van der Waals surface area contributed by atoms with Gasteiger partial charge in [-0.3, -0.25) is 9.59 Å². The molecule has 3 rings (SSSR count). The second-order valence-electron chi connectivity index (χ2n) is 9.03. The number of hydrogen-bond acceptors (Lipinski definition) is 6. The molecule has 0 N–H and O–H groups in total. The number of methoxy groups -OCH3 is 1. The topological polar surface area (TPSA) is 61.8 Å². The number of rotatable bonds is 13. The monoisotopic (exact) mass is 506 g/mol. The van der Waals surface area contributed by atoms with Crippen LogP contribution in [0.1, 0.15) is 70.3 Å². The molecular weight excluding hydrogens is 467 g/mol. The Bertz CT molecular complexity index is 801. The van der Waals surface area contributed by atoms with Crippen molar-refractivity contribution in [1.82, 2.24) is 0 Å². The number of benzene rings is 1. The lowest BCUT2D eigenvalue weighted by Crippen LogP contribution is -2.52. The van der Waals surface area contributed by atoms with Crippen LogP contribution in [0.15, 0.2) is 42.5 Å². The summed E-state index contributed by atoms with van der Waals surface area (Å²) in [5, 5.41) is 0. The number of thioether (sulfide) groups is 1. The fraction of sp³-hybridized carbons (Fsp3) is 0.630. The van der Waals surface area contributed by atoms with Crippen LogP contribution in [0.25, 0.3) is 0 Å². The van der Waals surface area contributed by atoms with E-state index in [4.69, 9.17) is 14.2 Å². The summed E-state index contributed by atoms with van der Waals surface area (Å²) in [7, 11) is 0.701. The molecule has 5 nitrogen and oxygen atoms in total. The third kappa shape index (κ3) is 7.91. The molecule has 188 valence electrons. The van der Waals surface area contributed by atoms with Gasteiger partial charge in [-0.1, -0.05) is 74.0 Å². The normalized spacial score (nSPS) is 27.4. The van der Waals surface area contributed by atoms with Crippen molar-refractivity contribution in [1.29, 1.82) is 0 Å². The minimum Gasteiger partial charge on any atom is -0.462 e. The first-order chi connectivity index (χ1) is 16.6.